The van der Waals surface area contributed by atoms with Gasteiger partial charge in [-0.1, -0.05) is 24.9 Å². The van der Waals surface area contributed by atoms with Crippen molar-refractivity contribution >= 4 is 5.84 Å². The van der Waals surface area contributed by atoms with Crippen LogP contribution < -0.4 is 11.1 Å². The molecule has 1 aliphatic rings. The summed E-state index contributed by atoms with van der Waals surface area (Å²) in [6, 6.07) is 0.866. The van der Waals surface area contributed by atoms with Crippen LogP contribution in [0.1, 0.15) is 52.4 Å². The fourth-order valence-electron chi connectivity index (χ4n) is 2.58. The van der Waals surface area contributed by atoms with E-state index in [0.717, 1.165) is 12.3 Å². The zero-order chi connectivity index (χ0) is 12.0. The number of amidine groups is 1. The molecular weight excluding hydrogens is 202 g/mol. The molecule has 4 heteroatoms. The lowest BCUT2D eigenvalue weighted by atomic mass is 9.98. The number of nitrogens with one attached hydrogen (secondary N) is 1. The largest absolute Gasteiger partial charge is 0.409 e. The van der Waals surface area contributed by atoms with Crippen molar-refractivity contribution in [1.82, 2.24) is 5.32 Å². The first kappa shape index (κ1) is 13.3. The second kappa shape index (κ2) is 6.74. The van der Waals surface area contributed by atoms with E-state index >= 15 is 0 Å². The van der Waals surface area contributed by atoms with Crippen molar-refractivity contribution < 1.29 is 5.21 Å². The normalized spacial score (nSPS) is 22.2. The van der Waals surface area contributed by atoms with Gasteiger partial charge in [-0.2, -0.15) is 0 Å². The third-order valence-corrected chi connectivity index (χ3v) is 3.68. The molecular formula is C12H25N3O. The van der Waals surface area contributed by atoms with Gasteiger partial charge in [0.25, 0.3) is 0 Å². The summed E-state index contributed by atoms with van der Waals surface area (Å²) in [4.78, 5) is 0. The van der Waals surface area contributed by atoms with Crippen molar-refractivity contribution in [2.45, 2.75) is 64.5 Å². The van der Waals surface area contributed by atoms with Gasteiger partial charge in [0.1, 0.15) is 5.84 Å². The molecule has 0 aliphatic heterocycles. The molecule has 94 valence electrons. The summed E-state index contributed by atoms with van der Waals surface area (Å²) >= 11 is 0. The van der Waals surface area contributed by atoms with Gasteiger partial charge >= 0.3 is 0 Å². The lowest BCUT2D eigenvalue weighted by Gasteiger charge is -2.26. The average Bonchev–Trinajstić information content (AvgIpc) is 2.81. The lowest BCUT2D eigenvalue weighted by Crippen LogP contribution is -2.42. The van der Waals surface area contributed by atoms with Crippen molar-refractivity contribution in [3.8, 4) is 0 Å². The average molecular weight is 227 g/mol. The Morgan fingerprint density at radius 3 is 2.62 bits per heavy atom. The Kier molecular flexibility index (Phi) is 5.60. The molecule has 1 rings (SSSR count). The van der Waals surface area contributed by atoms with Crippen molar-refractivity contribution in [3.05, 3.63) is 0 Å². The monoisotopic (exact) mass is 227 g/mol. The second-order valence-electron chi connectivity index (χ2n) is 4.90. The summed E-state index contributed by atoms with van der Waals surface area (Å²) in [7, 11) is 0. The van der Waals surface area contributed by atoms with Gasteiger partial charge in [0.05, 0.1) is 0 Å². The third-order valence-electron chi connectivity index (χ3n) is 3.68. The van der Waals surface area contributed by atoms with Gasteiger partial charge in [0.15, 0.2) is 0 Å². The Morgan fingerprint density at radius 1 is 1.50 bits per heavy atom. The predicted octanol–water partition coefficient (Wildman–Crippen LogP) is 2.07. The summed E-state index contributed by atoms with van der Waals surface area (Å²) in [5, 5.41) is 15.2. The first-order chi connectivity index (χ1) is 7.67. The number of nitrogens with two attached hydrogens (primary N) is 1. The molecule has 0 amide bonds. The molecule has 4 N–H and O–H groups in total. The molecule has 0 saturated heterocycles. The Bertz CT molecular complexity index is 224. The fraction of sp³-hybridized carbons (Fsp3) is 0.917. The van der Waals surface area contributed by atoms with Gasteiger partial charge < -0.3 is 16.3 Å². The molecule has 0 aromatic heterocycles. The maximum Gasteiger partial charge on any atom is 0.140 e. The van der Waals surface area contributed by atoms with E-state index in [1.165, 1.54) is 25.7 Å². The van der Waals surface area contributed by atoms with Crippen molar-refractivity contribution in [2.24, 2.45) is 16.8 Å². The van der Waals surface area contributed by atoms with Crippen molar-refractivity contribution in [3.63, 3.8) is 0 Å². The number of hydrogen-bond donors (Lipinski definition) is 3. The van der Waals surface area contributed by atoms with Crippen molar-refractivity contribution in [2.75, 3.05) is 0 Å². The van der Waals surface area contributed by atoms with Gasteiger partial charge in [0, 0.05) is 18.5 Å². The van der Waals surface area contributed by atoms with Crippen LogP contribution in [0, 0.1) is 5.92 Å². The van der Waals surface area contributed by atoms with E-state index in [4.69, 9.17) is 10.9 Å². The minimum atomic E-state index is 0.318. The topological polar surface area (TPSA) is 70.6 Å². The maximum atomic E-state index is 8.56. The highest BCUT2D eigenvalue weighted by molar-refractivity contribution is 5.80. The highest BCUT2D eigenvalue weighted by atomic mass is 16.4. The van der Waals surface area contributed by atoms with Gasteiger partial charge in [-0.05, 0) is 32.1 Å². The molecule has 0 spiro atoms. The van der Waals surface area contributed by atoms with E-state index in [2.05, 4.69) is 24.3 Å². The summed E-state index contributed by atoms with van der Waals surface area (Å²) in [6.07, 6.45) is 7.06. The molecule has 0 bridgehead atoms. The Balaban J connectivity index is 2.36. The van der Waals surface area contributed by atoms with Crippen LogP contribution >= 0.6 is 0 Å². The van der Waals surface area contributed by atoms with E-state index in [1.807, 2.05) is 0 Å². The fourth-order valence-corrected chi connectivity index (χ4v) is 2.58. The highest BCUT2D eigenvalue weighted by Gasteiger charge is 2.23. The van der Waals surface area contributed by atoms with E-state index in [1.54, 1.807) is 0 Å². The number of oxime groups is 1. The van der Waals surface area contributed by atoms with Crippen molar-refractivity contribution in [1.29, 1.82) is 0 Å². The predicted molar refractivity (Wildman–Crippen MR) is 66.7 cm³/mol. The van der Waals surface area contributed by atoms with Crippen LogP contribution in [0.3, 0.4) is 0 Å². The standard InChI is InChI=1S/C12H25N3O/c1-3-11(8-12(13)15-16)14-9(2)10-6-4-5-7-10/h9-11,14,16H,3-8H2,1-2H3,(H2,13,15)/t9-,11?/m0/s1. The zero-order valence-electron chi connectivity index (χ0n) is 10.4. The van der Waals surface area contributed by atoms with Crippen LogP contribution in [0.4, 0.5) is 0 Å². The Hall–Kier alpha value is -0.770. The van der Waals surface area contributed by atoms with E-state index in [-0.39, 0.29) is 0 Å². The molecule has 0 heterocycles. The first-order valence-electron chi connectivity index (χ1n) is 6.39. The zero-order valence-corrected chi connectivity index (χ0v) is 10.4. The molecule has 1 unspecified atom stereocenters. The molecule has 1 fully saturated rings. The molecule has 0 radical (unpaired) electrons. The minimum absolute atomic E-state index is 0.318. The maximum absolute atomic E-state index is 8.56. The summed E-state index contributed by atoms with van der Waals surface area (Å²) in [6.45, 7) is 4.38. The van der Waals surface area contributed by atoms with Gasteiger partial charge in [-0.3, -0.25) is 0 Å². The highest BCUT2D eigenvalue weighted by Crippen LogP contribution is 2.27. The number of rotatable bonds is 6. The quantitative estimate of drug-likeness (QED) is 0.281. The smallest absolute Gasteiger partial charge is 0.140 e. The van der Waals surface area contributed by atoms with Crippen LogP contribution in [0.2, 0.25) is 0 Å². The molecule has 4 nitrogen and oxygen atoms in total. The van der Waals surface area contributed by atoms with Gasteiger partial charge in [-0.25, -0.2) is 0 Å². The summed E-state index contributed by atoms with van der Waals surface area (Å²) < 4.78 is 0. The summed E-state index contributed by atoms with van der Waals surface area (Å²) in [5.74, 6) is 1.12. The molecule has 0 aromatic rings. The second-order valence-corrected chi connectivity index (χ2v) is 4.90. The van der Waals surface area contributed by atoms with Crippen LogP contribution in [0.5, 0.6) is 0 Å². The molecule has 1 aliphatic carbocycles. The van der Waals surface area contributed by atoms with E-state index < -0.39 is 0 Å². The van der Waals surface area contributed by atoms with Crippen LogP contribution in [0.15, 0.2) is 5.16 Å². The molecule has 2 atom stereocenters. The van der Waals surface area contributed by atoms with E-state index in [9.17, 15) is 0 Å². The Morgan fingerprint density at radius 2 is 2.12 bits per heavy atom. The SMILES string of the molecule is CCC(CC(N)=NO)N[C@@H](C)C1CCCC1. The molecule has 0 aromatic carbocycles. The van der Waals surface area contributed by atoms with Gasteiger partial charge in [-0.15, -0.1) is 0 Å². The molecule has 1 saturated carbocycles. The molecule has 16 heavy (non-hydrogen) atoms. The van der Waals surface area contributed by atoms with E-state index in [0.29, 0.717) is 24.3 Å². The van der Waals surface area contributed by atoms with Crippen LogP contribution in [0.25, 0.3) is 0 Å². The van der Waals surface area contributed by atoms with Gasteiger partial charge in [0.2, 0.25) is 0 Å². The third kappa shape index (κ3) is 4.00. The summed E-state index contributed by atoms with van der Waals surface area (Å²) in [5.41, 5.74) is 5.54. The number of hydrogen-bond acceptors (Lipinski definition) is 3. The first-order valence-corrected chi connectivity index (χ1v) is 6.39. The van der Waals surface area contributed by atoms with Crippen LogP contribution in [-0.2, 0) is 0 Å². The lowest BCUT2D eigenvalue weighted by molar-refractivity contribution is 0.310. The van der Waals surface area contributed by atoms with Crippen LogP contribution in [-0.4, -0.2) is 23.1 Å². The minimum Gasteiger partial charge on any atom is -0.409 e. The Labute approximate surface area is 98.3 Å². The number of nitrogens with zero attached hydrogens (tertiary/aromatic N) is 1.